The number of alkyl halides is 8. The Balaban J connectivity index is 0.784. The number of halogens is 8. The summed E-state index contributed by atoms with van der Waals surface area (Å²) in [6, 6.07) is 33.9. The third-order valence-electron chi connectivity index (χ3n) is 14.5. The Hall–Kier alpha value is -9.44. The van der Waals surface area contributed by atoms with Crippen molar-refractivity contribution in [2.75, 3.05) is 22.1 Å². The minimum Gasteiger partial charge on any atom is -0.426 e. The number of ether oxygens (including phenoxy) is 2. The molecule has 478 valence electrons. The number of nitrogens with zero attached hydrogens (tertiary/aromatic N) is 10. The number of hydrogen-bond acceptors (Lipinski definition) is 12. The van der Waals surface area contributed by atoms with Gasteiger partial charge in [0.25, 0.3) is 0 Å². The van der Waals surface area contributed by atoms with Gasteiger partial charge in [-0.1, -0.05) is 124 Å². The quantitative estimate of drug-likeness (QED) is 0.0726. The largest absolute Gasteiger partial charge is 0.573 e. The molecule has 28 heteroatoms. The van der Waals surface area contributed by atoms with Gasteiger partial charge in [0.15, 0.2) is 22.0 Å². The average Bonchev–Trinajstić information content (AvgIpc) is 1.61. The number of anilines is 2. The van der Waals surface area contributed by atoms with Crippen LogP contribution in [0.25, 0.3) is 34.2 Å². The maximum Gasteiger partial charge on any atom is 0.573 e. The van der Waals surface area contributed by atoms with Gasteiger partial charge in [0.05, 0.1) is 33.8 Å². The van der Waals surface area contributed by atoms with Crippen molar-refractivity contribution >= 4 is 69.1 Å². The highest BCUT2D eigenvalue weighted by Gasteiger charge is 2.61. The zero-order valence-electron chi connectivity index (χ0n) is 50.0. The second kappa shape index (κ2) is 27.2. The van der Waals surface area contributed by atoms with Gasteiger partial charge in [0, 0.05) is 23.7 Å². The number of carbonyl (C=O) groups is 4. The predicted molar refractivity (Wildman–Crippen MR) is 334 cm³/mol. The monoisotopic (exact) mass is 1310 g/mol. The Kier molecular flexibility index (Phi) is 19.4. The molecule has 2 N–H and O–H groups in total. The van der Waals surface area contributed by atoms with Crippen LogP contribution in [0.1, 0.15) is 79.8 Å². The lowest BCUT2D eigenvalue weighted by Gasteiger charge is -2.23. The van der Waals surface area contributed by atoms with Crippen molar-refractivity contribution in [3.8, 4) is 45.6 Å². The maximum atomic E-state index is 14.8. The Morgan fingerprint density at radius 1 is 0.630 bits per heavy atom. The summed E-state index contributed by atoms with van der Waals surface area (Å²) in [6.45, 7) is 11.9. The summed E-state index contributed by atoms with van der Waals surface area (Å²) < 4.78 is 113. The number of nitrogens with one attached hydrogen (secondary N) is 2. The average molecular weight is 1310 g/mol. The molecular weight excluding hydrogens is 1250 g/mol. The van der Waals surface area contributed by atoms with Crippen LogP contribution in [0, 0.1) is 6.92 Å². The molecule has 0 saturated carbocycles. The Morgan fingerprint density at radius 2 is 1.15 bits per heavy atom. The fourth-order valence-electron chi connectivity index (χ4n) is 10.0. The van der Waals surface area contributed by atoms with Crippen LogP contribution in [0.4, 0.5) is 56.1 Å². The van der Waals surface area contributed by atoms with Crippen molar-refractivity contribution in [1.82, 2.24) is 40.2 Å². The van der Waals surface area contributed by atoms with E-state index in [4.69, 9.17) is 0 Å². The third kappa shape index (κ3) is 15.6. The van der Waals surface area contributed by atoms with Gasteiger partial charge in [-0.05, 0) is 139 Å². The summed E-state index contributed by atoms with van der Waals surface area (Å²) in [5.41, 5.74) is 8.21. The molecule has 2 saturated heterocycles. The highest BCUT2D eigenvalue weighted by molar-refractivity contribution is 8.16. The van der Waals surface area contributed by atoms with Crippen molar-refractivity contribution in [3.05, 3.63) is 179 Å². The number of thioether (sulfide) groups is 2. The molecule has 10 rings (SSSR count). The van der Waals surface area contributed by atoms with Crippen molar-refractivity contribution in [1.29, 1.82) is 0 Å². The second-order valence-corrected chi connectivity index (χ2v) is 24.3. The summed E-state index contributed by atoms with van der Waals surface area (Å²) in [7, 11) is 0. The fourth-order valence-corrected chi connectivity index (χ4v) is 12.0. The van der Waals surface area contributed by atoms with E-state index in [1.165, 1.54) is 68.2 Å². The highest BCUT2D eigenvalue weighted by Crippen LogP contribution is 2.41. The number of benzene rings is 6. The van der Waals surface area contributed by atoms with Gasteiger partial charge in [-0.15, -0.1) is 23.4 Å². The van der Waals surface area contributed by atoms with E-state index in [1.54, 1.807) is 12.1 Å². The topological polar surface area (TPSA) is 203 Å². The van der Waals surface area contributed by atoms with Gasteiger partial charge in [-0.25, -0.2) is 28.9 Å². The molecule has 2 aromatic heterocycles. The van der Waals surface area contributed by atoms with E-state index < -0.39 is 47.8 Å². The third-order valence-corrected chi connectivity index (χ3v) is 16.6. The van der Waals surface area contributed by atoms with Crippen LogP contribution in [0.5, 0.6) is 11.5 Å². The highest BCUT2D eigenvalue weighted by atomic mass is 32.2. The molecule has 2 fully saturated rings. The first-order valence-corrected chi connectivity index (χ1v) is 30.6. The molecule has 6 aromatic carbocycles. The van der Waals surface area contributed by atoms with E-state index in [0.29, 0.717) is 63.9 Å². The Labute approximate surface area is 530 Å². The molecule has 0 radical (unpaired) electrons. The van der Waals surface area contributed by atoms with Crippen LogP contribution >= 0.6 is 23.5 Å². The lowest BCUT2D eigenvalue weighted by Crippen LogP contribution is -2.41. The zero-order chi connectivity index (χ0) is 65.8. The van der Waals surface area contributed by atoms with Crippen molar-refractivity contribution in [2.45, 2.75) is 103 Å². The standard InChI is InChI=1S/C64H58F8N12O6S2/c1-36(2)49-25-7-38(5)29-51(49)84-57(86)53(92-61(84)77-58(87)73-28-27-40-8-13-43(14-9-40)55-74-34-81(79-55)45-17-21-47(22-18-45)89-63(68,69)62(65,66)67)32-42-12-26-50(37(3)4)52(31-42)83-54(85)33-91-60(83)78-59(88)76-39(6)30-41-10-15-44(16-11-41)56-75-35-82(80-56)46-19-23-48(24-20-46)90-64(70,71)72/h7-26,29,31,34-37,39,53H,27-28,30,32-33H2,1-6H3,(H,73,87)(H,76,88). The number of aryl methyl sites for hydroxylation is 1. The predicted octanol–water partition coefficient (Wildman–Crippen LogP) is 13.9. The summed E-state index contributed by atoms with van der Waals surface area (Å²) in [6.07, 6.45) is -12.3. The lowest BCUT2D eigenvalue weighted by molar-refractivity contribution is -0.360. The van der Waals surface area contributed by atoms with E-state index in [1.807, 2.05) is 114 Å². The number of aliphatic imine (C=N–C) groups is 2. The molecule has 2 aliphatic rings. The van der Waals surface area contributed by atoms with Crippen LogP contribution in [0.3, 0.4) is 0 Å². The molecule has 6 amide bonds. The molecule has 0 aliphatic carbocycles. The van der Waals surface area contributed by atoms with E-state index in [2.05, 4.69) is 50.3 Å². The van der Waals surface area contributed by atoms with Crippen molar-refractivity contribution < 1.29 is 63.8 Å². The maximum absolute atomic E-state index is 14.8. The van der Waals surface area contributed by atoms with Crippen LogP contribution < -0.4 is 29.9 Å². The van der Waals surface area contributed by atoms with Gasteiger partial charge in [0.2, 0.25) is 11.8 Å². The van der Waals surface area contributed by atoms with Crippen molar-refractivity contribution in [3.63, 3.8) is 0 Å². The number of amides is 6. The molecule has 92 heavy (non-hydrogen) atoms. The number of carbonyl (C=O) groups excluding carboxylic acids is 4. The SMILES string of the molecule is Cc1ccc(C(C)C)c(N2C(=O)C(Cc3ccc(C(C)C)c(N4C(=O)CSC4=NC(=O)NC(C)Cc4ccc(-c5ncn(-c6ccc(OC(F)(F)F)cc6)n5)cc4)c3)SC2=NC(=O)NCCc2ccc(-c3ncn(-c4ccc(OC(F)(F)C(F)(F)F)cc4)n3)cc2)c1. The number of hydrogen-bond donors (Lipinski definition) is 2. The van der Waals surface area contributed by atoms with Gasteiger partial charge < -0.3 is 20.1 Å². The smallest absolute Gasteiger partial charge is 0.426 e. The molecule has 18 nitrogen and oxygen atoms in total. The van der Waals surface area contributed by atoms with E-state index in [-0.39, 0.29) is 58.5 Å². The first-order valence-electron chi connectivity index (χ1n) is 28.7. The molecule has 0 bridgehead atoms. The first-order chi connectivity index (χ1) is 43.6. The van der Waals surface area contributed by atoms with Crippen LogP contribution in [0.2, 0.25) is 0 Å². The minimum absolute atomic E-state index is 0.00603. The molecule has 8 aromatic rings. The number of urea groups is 2. The van der Waals surface area contributed by atoms with Gasteiger partial charge in [-0.2, -0.15) is 31.9 Å². The number of aromatic nitrogens is 6. The van der Waals surface area contributed by atoms with E-state index >= 15 is 0 Å². The van der Waals surface area contributed by atoms with E-state index in [9.17, 15) is 54.3 Å². The Bertz CT molecular complexity index is 4080. The number of amidine groups is 2. The van der Waals surface area contributed by atoms with Crippen LogP contribution in [0.15, 0.2) is 156 Å². The van der Waals surface area contributed by atoms with Gasteiger partial charge >= 0.3 is 30.7 Å². The minimum atomic E-state index is -5.89. The molecule has 0 spiro atoms. The molecule has 4 heterocycles. The molecule has 2 atom stereocenters. The normalized spacial score (nSPS) is 15.9. The first kappa shape index (κ1) is 65.5. The zero-order valence-corrected chi connectivity index (χ0v) is 51.6. The molecule has 2 unspecified atom stereocenters. The van der Waals surface area contributed by atoms with E-state index in [0.717, 1.165) is 63.5 Å². The summed E-state index contributed by atoms with van der Waals surface area (Å²) in [4.78, 5) is 76.5. The molecule has 2 aliphatic heterocycles. The summed E-state index contributed by atoms with van der Waals surface area (Å²) in [5, 5.41) is 14.3. The van der Waals surface area contributed by atoms with Crippen LogP contribution in [-0.2, 0) is 28.9 Å². The van der Waals surface area contributed by atoms with Crippen LogP contribution in [-0.4, -0.2) is 106 Å². The Morgan fingerprint density at radius 3 is 1.71 bits per heavy atom. The lowest BCUT2D eigenvalue weighted by atomic mass is 9.96. The summed E-state index contributed by atoms with van der Waals surface area (Å²) in [5.74, 6) is -0.999. The number of rotatable bonds is 19. The fraction of sp³-hybridized carbons (Fsp3) is 0.281. The molecular formula is C64H58F8N12O6S2. The second-order valence-electron chi connectivity index (χ2n) is 22.2. The van der Waals surface area contributed by atoms with Gasteiger partial charge in [-0.3, -0.25) is 19.4 Å². The van der Waals surface area contributed by atoms with Crippen molar-refractivity contribution in [2.24, 2.45) is 9.98 Å². The summed E-state index contributed by atoms with van der Waals surface area (Å²) >= 11 is 2.29. The van der Waals surface area contributed by atoms with Gasteiger partial charge in [0.1, 0.15) is 24.2 Å².